The van der Waals surface area contributed by atoms with Crippen LogP contribution in [0.5, 0.6) is 0 Å². The summed E-state index contributed by atoms with van der Waals surface area (Å²) in [5.41, 5.74) is 5.16. The molecule has 1 fully saturated rings. The Balaban J connectivity index is 1.86. The van der Waals surface area contributed by atoms with Crippen LogP contribution >= 0.6 is 11.3 Å². The van der Waals surface area contributed by atoms with Crippen molar-refractivity contribution in [3.63, 3.8) is 0 Å². The summed E-state index contributed by atoms with van der Waals surface area (Å²) in [6.07, 6.45) is 3.33. The van der Waals surface area contributed by atoms with Gasteiger partial charge in [-0.3, -0.25) is 14.5 Å². The Hall–Kier alpha value is -1.47. The third kappa shape index (κ3) is 4.51. The van der Waals surface area contributed by atoms with Crippen molar-refractivity contribution >= 4 is 23.2 Å². The van der Waals surface area contributed by atoms with Crippen molar-refractivity contribution in [2.45, 2.75) is 45.1 Å². The van der Waals surface area contributed by atoms with E-state index in [9.17, 15) is 9.59 Å². The Morgan fingerprint density at radius 2 is 2.05 bits per heavy atom. The number of hydrogen-bond acceptors (Lipinski definition) is 5. The molecule has 0 atom stereocenters. The van der Waals surface area contributed by atoms with Gasteiger partial charge in [0, 0.05) is 24.5 Å². The lowest BCUT2D eigenvalue weighted by Crippen LogP contribution is -2.46. The third-order valence-corrected chi connectivity index (χ3v) is 5.10. The highest BCUT2D eigenvalue weighted by atomic mass is 32.1. The molecule has 0 saturated carbocycles. The molecule has 1 saturated heterocycles. The zero-order valence-electron chi connectivity index (χ0n) is 13.4. The highest BCUT2D eigenvalue weighted by molar-refractivity contribution is 7.13. The van der Waals surface area contributed by atoms with E-state index in [1.54, 1.807) is 6.20 Å². The molecular formula is C15H24N4O2S. The number of carbonyl (C=O) groups is 2. The number of nitrogens with two attached hydrogens (primary N) is 1. The van der Waals surface area contributed by atoms with Crippen LogP contribution in [0.4, 0.5) is 0 Å². The van der Waals surface area contributed by atoms with Crippen molar-refractivity contribution in [2.75, 3.05) is 19.6 Å². The topological polar surface area (TPSA) is 88.3 Å². The van der Waals surface area contributed by atoms with Crippen molar-refractivity contribution in [1.82, 2.24) is 15.2 Å². The monoisotopic (exact) mass is 324 g/mol. The molecule has 22 heavy (non-hydrogen) atoms. The van der Waals surface area contributed by atoms with Crippen molar-refractivity contribution in [3.8, 4) is 0 Å². The summed E-state index contributed by atoms with van der Waals surface area (Å²) in [6.45, 7) is 8.12. The van der Waals surface area contributed by atoms with E-state index >= 15 is 0 Å². The molecule has 7 heteroatoms. The van der Waals surface area contributed by atoms with Crippen LogP contribution in [0.2, 0.25) is 0 Å². The second kappa shape index (κ2) is 6.75. The molecule has 3 N–H and O–H groups in total. The van der Waals surface area contributed by atoms with E-state index in [1.807, 2.05) is 4.90 Å². The van der Waals surface area contributed by atoms with Gasteiger partial charge in [0.15, 0.2) is 0 Å². The zero-order valence-corrected chi connectivity index (χ0v) is 14.2. The van der Waals surface area contributed by atoms with Crippen LogP contribution in [0.25, 0.3) is 0 Å². The Labute approximate surface area is 135 Å². The summed E-state index contributed by atoms with van der Waals surface area (Å²) in [4.78, 5) is 30.2. The number of amides is 2. The third-order valence-electron chi connectivity index (χ3n) is 3.67. The summed E-state index contributed by atoms with van der Waals surface area (Å²) in [6, 6.07) is 0.150. The maximum atomic E-state index is 12.3. The first-order valence-corrected chi connectivity index (χ1v) is 8.35. The lowest BCUT2D eigenvalue weighted by molar-refractivity contribution is -0.119. The minimum Gasteiger partial charge on any atom is -0.369 e. The highest BCUT2D eigenvalue weighted by Gasteiger charge is 2.24. The number of likely N-dealkylation sites (tertiary alicyclic amines) is 1. The first kappa shape index (κ1) is 16.9. The van der Waals surface area contributed by atoms with Gasteiger partial charge in [0.2, 0.25) is 5.91 Å². The SMILES string of the molecule is CC(C)(C)c1ncc(C(=O)NC2CCN(CC(N)=O)CC2)s1. The van der Waals surface area contributed by atoms with Gasteiger partial charge in [0.05, 0.1) is 17.7 Å². The number of piperidine rings is 1. The maximum absolute atomic E-state index is 12.3. The number of hydrogen-bond donors (Lipinski definition) is 2. The standard InChI is InChI=1S/C15H24N4O2S/c1-15(2,3)14-17-8-11(22-14)13(21)18-10-4-6-19(7-5-10)9-12(16)20/h8,10H,4-7,9H2,1-3H3,(H2,16,20)(H,18,21). The van der Waals surface area contributed by atoms with Gasteiger partial charge in [-0.25, -0.2) is 4.98 Å². The second-order valence-corrected chi connectivity index (χ2v) is 7.80. The summed E-state index contributed by atoms with van der Waals surface area (Å²) in [7, 11) is 0. The highest BCUT2D eigenvalue weighted by Crippen LogP contribution is 2.26. The summed E-state index contributed by atoms with van der Waals surface area (Å²) in [5, 5.41) is 4.03. The number of thiazole rings is 1. The molecule has 0 spiro atoms. The Morgan fingerprint density at radius 1 is 1.41 bits per heavy atom. The van der Waals surface area contributed by atoms with E-state index in [-0.39, 0.29) is 23.3 Å². The predicted octanol–water partition coefficient (Wildman–Crippen LogP) is 1.12. The Morgan fingerprint density at radius 3 is 2.55 bits per heavy atom. The predicted molar refractivity (Wildman–Crippen MR) is 86.9 cm³/mol. The van der Waals surface area contributed by atoms with E-state index < -0.39 is 0 Å². The van der Waals surface area contributed by atoms with Crippen molar-refractivity contribution in [3.05, 3.63) is 16.1 Å². The summed E-state index contributed by atoms with van der Waals surface area (Å²) < 4.78 is 0. The average molecular weight is 324 g/mol. The van der Waals surface area contributed by atoms with Crippen LogP contribution in [0, 0.1) is 0 Å². The minimum atomic E-state index is -0.304. The molecule has 1 aromatic heterocycles. The molecule has 0 aromatic carbocycles. The van der Waals surface area contributed by atoms with Gasteiger partial charge in [-0.1, -0.05) is 20.8 Å². The van der Waals surface area contributed by atoms with Crippen LogP contribution < -0.4 is 11.1 Å². The van der Waals surface area contributed by atoms with Gasteiger partial charge in [0.25, 0.3) is 5.91 Å². The molecule has 0 unspecified atom stereocenters. The lowest BCUT2D eigenvalue weighted by Gasteiger charge is -2.31. The molecule has 6 nitrogen and oxygen atoms in total. The molecule has 0 aliphatic carbocycles. The summed E-state index contributed by atoms with van der Waals surface area (Å²) in [5.74, 6) is -0.358. The largest absolute Gasteiger partial charge is 0.369 e. The molecular weight excluding hydrogens is 300 g/mol. The fourth-order valence-electron chi connectivity index (χ4n) is 2.44. The van der Waals surface area contributed by atoms with Gasteiger partial charge >= 0.3 is 0 Å². The van der Waals surface area contributed by atoms with E-state index in [2.05, 4.69) is 31.1 Å². The normalized spacial score (nSPS) is 17.4. The average Bonchev–Trinajstić information content (AvgIpc) is 2.90. The van der Waals surface area contributed by atoms with E-state index in [4.69, 9.17) is 5.73 Å². The first-order chi connectivity index (χ1) is 10.3. The van der Waals surface area contributed by atoms with Gasteiger partial charge in [-0.05, 0) is 12.8 Å². The molecule has 1 aliphatic rings. The fraction of sp³-hybridized carbons (Fsp3) is 0.667. The molecule has 0 radical (unpaired) electrons. The molecule has 2 rings (SSSR count). The molecule has 2 amide bonds. The lowest BCUT2D eigenvalue weighted by atomic mass is 9.98. The van der Waals surface area contributed by atoms with Crippen molar-refractivity contribution < 1.29 is 9.59 Å². The number of nitrogens with one attached hydrogen (secondary N) is 1. The number of nitrogens with zero attached hydrogens (tertiary/aromatic N) is 2. The van der Waals surface area contributed by atoms with Crippen molar-refractivity contribution in [1.29, 1.82) is 0 Å². The first-order valence-electron chi connectivity index (χ1n) is 7.53. The maximum Gasteiger partial charge on any atom is 0.263 e. The number of aromatic nitrogens is 1. The van der Waals surface area contributed by atoms with Gasteiger partial charge in [-0.2, -0.15) is 0 Å². The molecule has 0 bridgehead atoms. The van der Waals surface area contributed by atoms with Crippen LogP contribution in [0.1, 0.15) is 48.3 Å². The Kier molecular flexibility index (Phi) is 5.18. The molecule has 122 valence electrons. The quantitative estimate of drug-likeness (QED) is 0.869. The second-order valence-electron chi connectivity index (χ2n) is 6.77. The van der Waals surface area contributed by atoms with E-state index in [0.29, 0.717) is 11.4 Å². The van der Waals surface area contributed by atoms with Gasteiger partial charge in [0.1, 0.15) is 4.88 Å². The number of carbonyl (C=O) groups excluding carboxylic acids is 2. The minimum absolute atomic E-state index is 0.0384. The van der Waals surface area contributed by atoms with Gasteiger partial charge in [-0.15, -0.1) is 11.3 Å². The van der Waals surface area contributed by atoms with E-state index in [1.165, 1.54) is 11.3 Å². The number of primary amides is 1. The smallest absolute Gasteiger partial charge is 0.263 e. The van der Waals surface area contributed by atoms with E-state index in [0.717, 1.165) is 30.9 Å². The number of rotatable bonds is 4. The fourth-order valence-corrected chi connectivity index (χ4v) is 3.32. The van der Waals surface area contributed by atoms with Crippen molar-refractivity contribution in [2.24, 2.45) is 5.73 Å². The Bertz CT molecular complexity index is 542. The van der Waals surface area contributed by atoms with Crippen LogP contribution in [-0.2, 0) is 10.2 Å². The molecule has 1 aliphatic heterocycles. The van der Waals surface area contributed by atoms with Gasteiger partial charge < -0.3 is 11.1 Å². The van der Waals surface area contributed by atoms with Crippen LogP contribution in [0.15, 0.2) is 6.20 Å². The zero-order chi connectivity index (χ0) is 16.3. The molecule has 2 heterocycles. The summed E-state index contributed by atoms with van der Waals surface area (Å²) >= 11 is 1.45. The van der Waals surface area contributed by atoms with Crippen LogP contribution in [-0.4, -0.2) is 47.4 Å². The molecule has 1 aromatic rings. The van der Waals surface area contributed by atoms with Crippen LogP contribution in [0.3, 0.4) is 0 Å².